The molecule has 1 heterocycles. The van der Waals surface area contributed by atoms with Gasteiger partial charge in [0.1, 0.15) is 0 Å². The second-order valence-electron chi connectivity index (χ2n) is 2.19. The van der Waals surface area contributed by atoms with Crippen molar-refractivity contribution in [2.24, 2.45) is 5.73 Å². The fourth-order valence-corrected chi connectivity index (χ4v) is 2.19. The Kier molecular flexibility index (Phi) is 1.91. The summed E-state index contributed by atoms with van der Waals surface area (Å²) >= 11 is 0.826. The highest BCUT2D eigenvalue weighted by molar-refractivity contribution is 8.14. The first-order chi connectivity index (χ1) is 4.85. The lowest BCUT2D eigenvalue weighted by molar-refractivity contribution is 0.451. The van der Waals surface area contributed by atoms with Gasteiger partial charge < -0.3 is 5.32 Å². The molecule has 0 aromatic rings. The van der Waals surface area contributed by atoms with E-state index in [4.69, 9.17) is 10.3 Å². The van der Waals surface area contributed by atoms with Crippen LogP contribution >= 0.6 is 11.8 Å². The summed E-state index contributed by atoms with van der Waals surface area (Å²) in [6, 6.07) is 0. The van der Waals surface area contributed by atoms with Crippen molar-refractivity contribution < 1.29 is 13.0 Å². The lowest BCUT2D eigenvalue weighted by Crippen LogP contribution is -2.53. The Labute approximate surface area is 68.8 Å². The molecule has 1 atom stereocenters. The van der Waals surface area contributed by atoms with Crippen LogP contribution in [-0.2, 0) is 10.1 Å². The average Bonchev–Trinajstić information content (AvgIpc) is 2.10. The van der Waals surface area contributed by atoms with E-state index in [1.807, 2.05) is 0 Å². The number of rotatable bonds is 1. The molecular weight excluding hydrogens is 188 g/mol. The van der Waals surface area contributed by atoms with Crippen molar-refractivity contribution >= 4 is 21.9 Å². The number of hydrogen-bond acceptors (Lipinski definition) is 5. The van der Waals surface area contributed by atoms with Crippen molar-refractivity contribution in [1.82, 2.24) is 5.32 Å². The zero-order valence-electron chi connectivity index (χ0n) is 5.73. The van der Waals surface area contributed by atoms with Crippen LogP contribution < -0.4 is 11.1 Å². The quantitative estimate of drug-likeness (QED) is 0.496. The van der Waals surface area contributed by atoms with E-state index in [0.717, 1.165) is 11.8 Å². The molecule has 0 aliphatic carbocycles. The molecule has 0 saturated carbocycles. The molecule has 1 aliphatic heterocycles. The Morgan fingerprint density at radius 1 is 1.82 bits per heavy atom. The van der Waals surface area contributed by atoms with E-state index < -0.39 is 14.4 Å². The molecule has 1 aliphatic rings. The van der Waals surface area contributed by atoms with E-state index in [-0.39, 0.29) is 0 Å². The van der Waals surface area contributed by atoms with Crippen LogP contribution in [0.2, 0.25) is 0 Å². The summed E-state index contributed by atoms with van der Waals surface area (Å²) in [7, 11) is -4.26. The maximum atomic E-state index is 10.6. The largest absolute Gasteiger partial charge is 0.347 e. The molecule has 0 radical (unpaired) electrons. The molecule has 0 bridgehead atoms. The summed E-state index contributed by atoms with van der Waals surface area (Å²) in [5.41, 5.74) is 5.91. The molecule has 0 amide bonds. The second kappa shape index (κ2) is 2.37. The predicted molar refractivity (Wildman–Crippen MR) is 43.0 cm³/mol. The monoisotopic (exact) mass is 196 g/mol. The highest BCUT2D eigenvalue weighted by Gasteiger charge is 2.42. The molecule has 5 nitrogen and oxygen atoms in total. The minimum absolute atomic E-state index is 0.620. The van der Waals surface area contributed by atoms with Gasteiger partial charge in [0.05, 0.1) is 0 Å². The third-order valence-corrected chi connectivity index (χ3v) is 3.88. The zero-order chi connectivity index (χ0) is 8.70. The molecular formula is C4H8N2O3S2. The minimum atomic E-state index is -4.26. The highest BCUT2D eigenvalue weighted by Crippen LogP contribution is 2.30. The van der Waals surface area contributed by atoms with Gasteiger partial charge in [-0.3, -0.25) is 10.3 Å². The summed E-state index contributed by atoms with van der Waals surface area (Å²) in [6.07, 6.45) is 0. The molecule has 0 aromatic carbocycles. The van der Waals surface area contributed by atoms with Gasteiger partial charge in [-0.05, 0) is 12.3 Å². The Morgan fingerprint density at radius 2 is 2.36 bits per heavy atom. The average molecular weight is 196 g/mol. The summed E-state index contributed by atoms with van der Waals surface area (Å²) in [4.78, 5) is 0. The van der Waals surface area contributed by atoms with Gasteiger partial charge in [-0.1, -0.05) is 11.8 Å². The fourth-order valence-electron chi connectivity index (χ4n) is 0.635. The summed E-state index contributed by atoms with van der Waals surface area (Å²) in [5.74, 6) is 0. The molecule has 0 aromatic heterocycles. The van der Waals surface area contributed by atoms with Gasteiger partial charge in [-0.15, -0.1) is 0 Å². The molecule has 1 unspecified atom stereocenters. The minimum Gasteiger partial charge on any atom is -0.347 e. The van der Waals surface area contributed by atoms with Gasteiger partial charge in [-0.25, -0.2) is 0 Å². The van der Waals surface area contributed by atoms with E-state index in [0.29, 0.717) is 5.70 Å². The maximum absolute atomic E-state index is 10.6. The van der Waals surface area contributed by atoms with E-state index in [1.165, 1.54) is 5.41 Å². The summed E-state index contributed by atoms with van der Waals surface area (Å²) < 4.78 is 28.1. The number of nitrogens with one attached hydrogen (secondary N) is 1. The van der Waals surface area contributed by atoms with Crippen molar-refractivity contribution in [1.29, 1.82) is 0 Å². The first-order valence-electron chi connectivity index (χ1n) is 2.74. The van der Waals surface area contributed by atoms with Crippen molar-refractivity contribution in [2.45, 2.75) is 11.3 Å². The van der Waals surface area contributed by atoms with E-state index in [1.54, 1.807) is 6.92 Å². The fraction of sp³-hybridized carbons (Fsp3) is 0.500. The molecule has 4 N–H and O–H groups in total. The Bertz CT molecular complexity index is 296. The van der Waals surface area contributed by atoms with Crippen LogP contribution in [-0.4, -0.2) is 17.3 Å². The number of thioether (sulfide) groups is 1. The van der Waals surface area contributed by atoms with Crippen LogP contribution in [0, 0.1) is 0 Å². The van der Waals surface area contributed by atoms with Crippen LogP contribution in [0.25, 0.3) is 0 Å². The highest BCUT2D eigenvalue weighted by atomic mass is 32.3. The zero-order valence-corrected chi connectivity index (χ0v) is 7.37. The van der Waals surface area contributed by atoms with Crippen LogP contribution in [0.4, 0.5) is 0 Å². The summed E-state index contributed by atoms with van der Waals surface area (Å²) in [5, 5.41) is 3.97. The van der Waals surface area contributed by atoms with Gasteiger partial charge in [-0.2, -0.15) is 8.42 Å². The second-order valence-corrected chi connectivity index (χ2v) is 5.15. The standard InChI is InChI=1S/C4H8N2O3S2/c1-3-2-10-4(5,6-3)11(7,8)9/h2,6H,5H2,1H3,(H,7,8,9). The van der Waals surface area contributed by atoms with E-state index in [9.17, 15) is 8.42 Å². The van der Waals surface area contributed by atoms with Crippen LogP contribution in [0.3, 0.4) is 0 Å². The number of allylic oxidation sites excluding steroid dienone is 1. The molecule has 0 saturated heterocycles. The Balaban J connectivity index is 2.92. The SMILES string of the molecule is CC1=CSC(N)(S(=O)(=O)O)N1. The third kappa shape index (κ3) is 1.51. The van der Waals surface area contributed by atoms with Crippen LogP contribution in [0.1, 0.15) is 6.92 Å². The number of nitrogens with two attached hydrogens (primary N) is 1. The van der Waals surface area contributed by atoms with E-state index >= 15 is 0 Å². The first kappa shape index (κ1) is 8.85. The topological polar surface area (TPSA) is 92.4 Å². The Morgan fingerprint density at radius 3 is 2.55 bits per heavy atom. The van der Waals surface area contributed by atoms with Crippen molar-refractivity contribution in [2.75, 3.05) is 0 Å². The Hall–Kier alpha value is -0.240. The predicted octanol–water partition coefficient (Wildman–Crippen LogP) is -0.358. The third-order valence-electron chi connectivity index (χ3n) is 1.17. The lowest BCUT2D eigenvalue weighted by Gasteiger charge is -2.20. The molecule has 64 valence electrons. The normalized spacial score (nSPS) is 31.4. The van der Waals surface area contributed by atoms with Gasteiger partial charge in [0.2, 0.25) is 0 Å². The van der Waals surface area contributed by atoms with Gasteiger partial charge in [0.15, 0.2) is 0 Å². The lowest BCUT2D eigenvalue weighted by atomic mass is 10.6. The van der Waals surface area contributed by atoms with E-state index in [2.05, 4.69) is 5.32 Å². The molecule has 7 heteroatoms. The van der Waals surface area contributed by atoms with Crippen molar-refractivity contribution in [3.63, 3.8) is 0 Å². The smallest absolute Gasteiger partial charge is 0.313 e. The van der Waals surface area contributed by atoms with Gasteiger partial charge in [0, 0.05) is 5.70 Å². The van der Waals surface area contributed by atoms with Crippen molar-refractivity contribution in [3.8, 4) is 0 Å². The molecule has 11 heavy (non-hydrogen) atoms. The molecule has 1 rings (SSSR count). The van der Waals surface area contributed by atoms with Crippen LogP contribution in [0.15, 0.2) is 11.1 Å². The van der Waals surface area contributed by atoms with Gasteiger partial charge in [0.25, 0.3) is 4.33 Å². The van der Waals surface area contributed by atoms with Crippen molar-refractivity contribution in [3.05, 3.63) is 11.1 Å². The first-order valence-corrected chi connectivity index (χ1v) is 5.06. The summed E-state index contributed by atoms with van der Waals surface area (Å²) in [6.45, 7) is 1.66. The number of hydrogen-bond donors (Lipinski definition) is 3. The maximum Gasteiger partial charge on any atom is 0.313 e. The van der Waals surface area contributed by atoms with Crippen LogP contribution in [0.5, 0.6) is 0 Å². The molecule has 0 spiro atoms. The van der Waals surface area contributed by atoms with Gasteiger partial charge >= 0.3 is 10.1 Å². The molecule has 0 fully saturated rings.